The van der Waals surface area contributed by atoms with Crippen molar-refractivity contribution in [3.63, 3.8) is 0 Å². The second kappa shape index (κ2) is 10.5. The van der Waals surface area contributed by atoms with E-state index in [2.05, 4.69) is 20.2 Å². The van der Waals surface area contributed by atoms with Crippen LogP contribution in [-0.4, -0.2) is 45.2 Å². The van der Waals surface area contributed by atoms with Crippen molar-refractivity contribution < 1.29 is 15.3 Å². The first-order valence-corrected chi connectivity index (χ1v) is 11.7. The van der Waals surface area contributed by atoms with Crippen molar-refractivity contribution in [1.29, 1.82) is 0 Å². The third-order valence-corrected chi connectivity index (χ3v) is 5.88. The monoisotopic (exact) mass is 478 g/mol. The molecule has 2 atom stereocenters. The maximum atomic E-state index is 14.0. The van der Waals surface area contributed by atoms with Crippen LogP contribution in [0.5, 0.6) is 5.75 Å². The number of hydrogen-bond donors (Lipinski definition) is 1. The molecule has 4 heterocycles. The molecule has 5 rings (SSSR count). The number of halogens is 1. The van der Waals surface area contributed by atoms with Gasteiger partial charge in [-0.3, -0.25) is 9.78 Å². The number of rotatable bonds is 5. The minimum atomic E-state index is -0.297. The normalized spacial score (nSPS) is 17.1. The number of nitrogens with one attached hydrogen (secondary N) is 1. The molecular formula is C26H31FN6O2. The van der Waals surface area contributed by atoms with Gasteiger partial charge in [0.15, 0.2) is 5.65 Å². The molecule has 1 amide bonds. The molecule has 1 unspecified atom stereocenters. The molecule has 0 bridgehead atoms. The Kier molecular flexibility index (Phi) is 7.24. The summed E-state index contributed by atoms with van der Waals surface area (Å²) < 4.78 is 21.0. The average molecular weight is 479 g/mol. The Bertz CT molecular complexity index is 1330. The van der Waals surface area contributed by atoms with Gasteiger partial charge in [-0.05, 0) is 49.2 Å². The molecule has 184 valence electrons. The number of nitrogens with zero attached hydrogens (tertiary/aromatic N) is 5. The molecule has 1 aromatic carbocycles. The summed E-state index contributed by atoms with van der Waals surface area (Å²) in [6.45, 7) is 6.46. The molecule has 4 aromatic rings. The van der Waals surface area contributed by atoms with E-state index in [-0.39, 0.29) is 30.9 Å². The Morgan fingerprint density at radius 3 is 2.77 bits per heavy atom. The summed E-state index contributed by atoms with van der Waals surface area (Å²) in [5, 5.41) is 7.82. The Morgan fingerprint density at radius 1 is 1.17 bits per heavy atom. The largest absolute Gasteiger partial charge is 0.497 e. The summed E-state index contributed by atoms with van der Waals surface area (Å²) in [4.78, 5) is 23.4. The number of pyridine rings is 1. The van der Waals surface area contributed by atoms with Crippen LogP contribution < -0.4 is 15.0 Å². The summed E-state index contributed by atoms with van der Waals surface area (Å²) in [7, 11) is 1.54. The van der Waals surface area contributed by atoms with Gasteiger partial charge in [-0.15, -0.1) is 5.10 Å². The lowest BCUT2D eigenvalue weighted by molar-refractivity contribution is 0.0934. The summed E-state index contributed by atoms with van der Waals surface area (Å²) >= 11 is 0. The summed E-state index contributed by atoms with van der Waals surface area (Å²) in [5.41, 5.74) is 2.79. The van der Waals surface area contributed by atoms with E-state index in [1.165, 1.54) is 18.3 Å². The van der Waals surface area contributed by atoms with Gasteiger partial charge in [0, 0.05) is 26.3 Å². The molecule has 0 spiro atoms. The standard InChI is InChI=1S/C24H23FN6O2.C2H6.H2/c1-15-13-27-22-6-7-23(29-31(15)22)30-14-18(11-21(30)16-4-3-5-17(25)10-16)28-24(32)20-12-19(33-2)8-9-26-20;1-2;/h3-10,12-13,18,21H,11,14H2,1-2H3,(H,28,32);1-2H3;1H/t18?,21-;;/m1../s1. The van der Waals surface area contributed by atoms with E-state index < -0.39 is 0 Å². The Morgan fingerprint density at radius 2 is 2.00 bits per heavy atom. The van der Waals surface area contributed by atoms with Crippen molar-refractivity contribution in [2.45, 2.75) is 39.3 Å². The topological polar surface area (TPSA) is 84.6 Å². The maximum absolute atomic E-state index is 14.0. The highest BCUT2D eigenvalue weighted by Gasteiger charge is 2.35. The Hall–Kier alpha value is -4.01. The third kappa shape index (κ3) is 5.08. The van der Waals surface area contributed by atoms with E-state index in [0.29, 0.717) is 18.7 Å². The van der Waals surface area contributed by atoms with Gasteiger partial charge < -0.3 is 15.0 Å². The highest BCUT2D eigenvalue weighted by Crippen LogP contribution is 2.36. The summed E-state index contributed by atoms with van der Waals surface area (Å²) in [5.74, 6) is 0.713. The van der Waals surface area contributed by atoms with Gasteiger partial charge in [-0.25, -0.2) is 13.9 Å². The number of fused-ring (bicyclic) bond motifs is 1. The van der Waals surface area contributed by atoms with Crippen LogP contribution in [0.1, 0.15) is 49.5 Å². The van der Waals surface area contributed by atoms with Crippen LogP contribution in [0.2, 0.25) is 0 Å². The second-order valence-corrected chi connectivity index (χ2v) is 8.07. The Labute approximate surface area is 205 Å². The zero-order valence-corrected chi connectivity index (χ0v) is 20.3. The van der Waals surface area contributed by atoms with Crippen molar-refractivity contribution in [3.8, 4) is 5.75 Å². The fraction of sp³-hybridized carbons (Fsp3) is 0.308. The van der Waals surface area contributed by atoms with E-state index >= 15 is 0 Å². The SMILES string of the molecule is CC.COc1ccnc(C(=O)NC2C[C@H](c3cccc(F)c3)N(c3ccc4ncc(C)n4n3)C2)c1.[HH]. The van der Waals surface area contributed by atoms with Crippen molar-refractivity contribution in [2.75, 3.05) is 18.6 Å². The van der Waals surface area contributed by atoms with Gasteiger partial charge in [-0.1, -0.05) is 26.0 Å². The van der Waals surface area contributed by atoms with Crippen LogP contribution >= 0.6 is 0 Å². The number of aromatic nitrogens is 4. The number of carbonyl (C=O) groups excluding carboxylic acids is 1. The van der Waals surface area contributed by atoms with E-state index in [1.54, 1.807) is 36.0 Å². The van der Waals surface area contributed by atoms with E-state index in [0.717, 1.165) is 22.7 Å². The van der Waals surface area contributed by atoms with Gasteiger partial charge in [0.05, 0.1) is 25.0 Å². The van der Waals surface area contributed by atoms with E-state index in [4.69, 9.17) is 9.84 Å². The molecule has 1 fully saturated rings. The molecule has 0 aliphatic carbocycles. The number of amides is 1. The minimum absolute atomic E-state index is 0. The van der Waals surface area contributed by atoms with Crippen LogP contribution in [0.3, 0.4) is 0 Å². The van der Waals surface area contributed by atoms with Crippen LogP contribution in [0, 0.1) is 12.7 Å². The lowest BCUT2D eigenvalue weighted by atomic mass is 10.0. The van der Waals surface area contributed by atoms with Crippen LogP contribution in [0.25, 0.3) is 5.65 Å². The highest BCUT2D eigenvalue weighted by molar-refractivity contribution is 5.92. The molecule has 35 heavy (non-hydrogen) atoms. The zero-order chi connectivity index (χ0) is 24.9. The number of imidazole rings is 1. The lowest BCUT2D eigenvalue weighted by Crippen LogP contribution is -2.37. The minimum Gasteiger partial charge on any atom is -0.497 e. The number of methoxy groups -OCH3 is 1. The second-order valence-electron chi connectivity index (χ2n) is 8.07. The molecule has 0 radical (unpaired) electrons. The summed E-state index contributed by atoms with van der Waals surface area (Å²) in [6.07, 6.45) is 3.91. The number of carbonyl (C=O) groups is 1. The van der Waals surface area contributed by atoms with Gasteiger partial charge in [0.25, 0.3) is 5.91 Å². The van der Waals surface area contributed by atoms with Gasteiger partial charge in [-0.2, -0.15) is 0 Å². The lowest BCUT2D eigenvalue weighted by Gasteiger charge is -2.26. The molecule has 1 aliphatic heterocycles. The number of benzene rings is 1. The predicted molar refractivity (Wildman–Crippen MR) is 134 cm³/mol. The van der Waals surface area contributed by atoms with Crippen molar-refractivity contribution in [1.82, 2.24) is 24.9 Å². The quantitative estimate of drug-likeness (QED) is 0.451. The summed E-state index contributed by atoms with van der Waals surface area (Å²) in [6, 6.07) is 13.3. The van der Waals surface area contributed by atoms with Gasteiger partial charge in [0.1, 0.15) is 23.1 Å². The predicted octanol–water partition coefficient (Wildman–Crippen LogP) is 4.60. The van der Waals surface area contributed by atoms with Crippen LogP contribution in [-0.2, 0) is 0 Å². The third-order valence-electron chi connectivity index (χ3n) is 5.88. The number of hydrogen-bond acceptors (Lipinski definition) is 6. The highest BCUT2D eigenvalue weighted by atomic mass is 19.1. The first-order valence-electron chi connectivity index (χ1n) is 11.7. The molecule has 9 heteroatoms. The fourth-order valence-electron chi connectivity index (χ4n) is 4.28. The molecule has 3 aromatic heterocycles. The maximum Gasteiger partial charge on any atom is 0.270 e. The number of anilines is 1. The van der Waals surface area contributed by atoms with Crippen LogP contribution in [0.15, 0.2) is 60.9 Å². The number of ether oxygens (including phenoxy) is 1. The van der Waals surface area contributed by atoms with Crippen LogP contribution in [0.4, 0.5) is 10.2 Å². The molecule has 1 N–H and O–H groups in total. The van der Waals surface area contributed by atoms with E-state index in [9.17, 15) is 9.18 Å². The number of aryl methyl sites for hydroxylation is 1. The van der Waals surface area contributed by atoms with Gasteiger partial charge in [0.2, 0.25) is 0 Å². The fourth-order valence-corrected chi connectivity index (χ4v) is 4.28. The molecule has 1 aliphatic rings. The van der Waals surface area contributed by atoms with Crippen molar-refractivity contribution in [2.24, 2.45) is 0 Å². The molecule has 8 nitrogen and oxygen atoms in total. The smallest absolute Gasteiger partial charge is 0.270 e. The molecule has 1 saturated heterocycles. The Balaban J connectivity index is 0.00000117. The van der Waals surface area contributed by atoms with Crippen molar-refractivity contribution in [3.05, 3.63) is 83.7 Å². The first kappa shape index (κ1) is 24.1. The van der Waals surface area contributed by atoms with Crippen molar-refractivity contribution >= 4 is 17.4 Å². The van der Waals surface area contributed by atoms with E-state index in [1.807, 2.05) is 39.0 Å². The zero-order valence-electron chi connectivity index (χ0n) is 20.3. The molecule has 0 saturated carbocycles. The average Bonchev–Trinajstić information content (AvgIpc) is 3.48. The first-order chi connectivity index (χ1) is 17.0. The molecular weight excluding hydrogens is 447 g/mol. The van der Waals surface area contributed by atoms with Gasteiger partial charge >= 0.3 is 0 Å².